The average molecular weight is 238 g/mol. The molecule has 0 saturated carbocycles. The third-order valence-electron chi connectivity index (χ3n) is 2.64. The highest BCUT2D eigenvalue weighted by molar-refractivity contribution is 5.77. The van der Waals surface area contributed by atoms with Crippen LogP contribution in [0.5, 0.6) is 0 Å². The molecule has 0 fully saturated rings. The van der Waals surface area contributed by atoms with E-state index in [1.54, 1.807) is 4.90 Å². The zero-order valence-corrected chi connectivity index (χ0v) is 10.9. The molecule has 0 aliphatic heterocycles. The Kier molecular flexibility index (Phi) is 5.69. The Balaban J connectivity index is 2.28. The molecule has 1 aromatic heterocycles. The number of nitrogens with zero attached hydrogens (tertiary/aromatic N) is 3. The average Bonchev–Trinajstić information content (AvgIpc) is 2.76. The van der Waals surface area contributed by atoms with Gasteiger partial charge in [-0.15, -0.1) is 0 Å². The predicted molar refractivity (Wildman–Crippen MR) is 67.5 cm³/mol. The number of rotatable bonds is 7. The molecule has 0 saturated heterocycles. The zero-order valence-electron chi connectivity index (χ0n) is 10.9. The Bertz CT molecular complexity index is 348. The second-order valence-electron chi connectivity index (χ2n) is 4.12. The number of aromatic nitrogens is 2. The van der Waals surface area contributed by atoms with Gasteiger partial charge in [-0.3, -0.25) is 9.48 Å². The lowest BCUT2D eigenvalue weighted by Crippen LogP contribution is -2.35. The first-order chi connectivity index (χ1) is 8.17. The summed E-state index contributed by atoms with van der Waals surface area (Å²) in [5, 5.41) is 7.36. The number of amides is 1. The van der Waals surface area contributed by atoms with Gasteiger partial charge in [0.05, 0.1) is 12.7 Å². The van der Waals surface area contributed by atoms with Crippen LogP contribution in [0, 0.1) is 0 Å². The number of nitrogens with one attached hydrogen (secondary N) is 1. The van der Waals surface area contributed by atoms with Gasteiger partial charge in [0.25, 0.3) is 0 Å². The summed E-state index contributed by atoms with van der Waals surface area (Å²) < 4.78 is 1.93. The van der Waals surface area contributed by atoms with Gasteiger partial charge in [-0.25, -0.2) is 0 Å². The van der Waals surface area contributed by atoms with Crippen molar-refractivity contribution < 1.29 is 4.79 Å². The van der Waals surface area contributed by atoms with E-state index in [4.69, 9.17) is 0 Å². The Morgan fingerprint density at radius 1 is 1.53 bits per heavy atom. The van der Waals surface area contributed by atoms with Gasteiger partial charge in [0.2, 0.25) is 5.91 Å². The Morgan fingerprint density at radius 3 is 2.94 bits per heavy atom. The van der Waals surface area contributed by atoms with Crippen molar-refractivity contribution >= 4 is 5.91 Å². The highest BCUT2D eigenvalue weighted by Crippen LogP contribution is 1.98. The van der Waals surface area contributed by atoms with E-state index in [2.05, 4.69) is 17.3 Å². The maximum absolute atomic E-state index is 11.5. The number of aryl methyl sites for hydroxylation is 1. The Hall–Kier alpha value is -1.36. The van der Waals surface area contributed by atoms with Crippen LogP contribution >= 0.6 is 0 Å². The van der Waals surface area contributed by atoms with Crippen molar-refractivity contribution in [1.82, 2.24) is 20.0 Å². The normalized spacial score (nSPS) is 10.5. The first-order valence-corrected chi connectivity index (χ1v) is 6.13. The monoisotopic (exact) mass is 238 g/mol. The second kappa shape index (κ2) is 7.06. The van der Waals surface area contributed by atoms with Crippen molar-refractivity contribution in [2.75, 3.05) is 20.1 Å². The van der Waals surface area contributed by atoms with Crippen LogP contribution in [0.2, 0.25) is 0 Å². The number of likely N-dealkylation sites (N-methyl/N-ethyl adjacent to an activating group) is 1. The fourth-order valence-corrected chi connectivity index (χ4v) is 1.47. The van der Waals surface area contributed by atoms with E-state index >= 15 is 0 Å². The molecular formula is C12H22N4O. The molecule has 0 aliphatic carbocycles. The zero-order chi connectivity index (χ0) is 12.7. The minimum absolute atomic E-state index is 0.119. The molecular weight excluding hydrogens is 216 g/mol. The molecule has 5 nitrogen and oxygen atoms in total. The van der Waals surface area contributed by atoms with Crippen molar-refractivity contribution in [3.05, 3.63) is 18.0 Å². The summed E-state index contributed by atoms with van der Waals surface area (Å²) in [5.74, 6) is 0.119. The standard InChI is InChI=1S/C12H22N4O/c1-4-6-16-10-11(8-14-16)7-13-9-12(17)15(3)5-2/h8,10,13H,4-7,9H2,1-3H3. The quantitative estimate of drug-likeness (QED) is 0.766. The SMILES string of the molecule is CCCn1cc(CNCC(=O)N(C)CC)cn1. The van der Waals surface area contributed by atoms with Gasteiger partial charge in [-0.05, 0) is 13.3 Å². The molecule has 0 aromatic carbocycles. The minimum atomic E-state index is 0.119. The van der Waals surface area contributed by atoms with Gasteiger partial charge in [0.15, 0.2) is 0 Å². The van der Waals surface area contributed by atoms with Crippen LogP contribution in [0.25, 0.3) is 0 Å². The van der Waals surface area contributed by atoms with Crippen molar-refractivity contribution in [3.63, 3.8) is 0 Å². The first-order valence-electron chi connectivity index (χ1n) is 6.13. The number of carbonyl (C=O) groups is 1. The Labute approximate surface area is 103 Å². The molecule has 0 aliphatic rings. The summed E-state index contributed by atoms with van der Waals surface area (Å²) in [6.45, 7) is 6.84. The van der Waals surface area contributed by atoms with E-state index in [0.29, 0.717) is 13.1 Å². The summed E-state index contributed by atoms with van der Waals surface area (Å²) in [6, 6.07) is 0. The smallest absolute Gasteiger partial charge is 0.236 e. The molecule has 0 unspecified atom stereocenters. The van der Waals surface area contributed by atoms with Gasteiger partial charge in [-0.2, -0.15) is 5.10 Å². The van der Waals surface area contributed by atoms with Crippen molar-refractivity contribution in [1.29, 1.82) is 0 Å². The molecule has 0 radical (unpaired) electrons. The van der Waals surface area contributed by atoms with Gasteiger partial charge >= 0.3 is 0 Å². The molecule has 1 amide bonds. The lowest BCUT2D eigenvalue weighted by Gasteiger charge is -2.14. The molecule has 1 N–H and O–H groups in total. The third-order valence-corrected chi connectivity index (χ3v) is 2.64. The van der Waals surface area contributed by atoms with Crippen LogP contribution in [-0.2, 0) is 17.9 Å². The summed E-state index contributed by atoms with van der Waals surface area (Å²) in [6.07, 6.45) is 4.94. The van der Waals surface area contributed by atoms with Gasteiger partial charge in [0, 0.05) is 38.4 Å². The van der Waals surface area contributed by atoms with Crippen LogP contribution < -0.4 is 5.32 Å². The second-order valence-corrected chi connectivity index (χ2v) is 4.12. The highest BCUT2D eigenvalue weighted by atomic mass is 16.2. The maximum Gasteiger partial charge on any atom is 0.236 e. The van der Waals surface area contributed by atoms with Crippen molar-refractivity contribution in [2.45, 2.75) is 33.4 Å². The lowest BCUT2D eigenvalue weighted by atomic mass is 10.3. The van der Waals surface area contributed by atoms with E-state index in [0.717, 1.165) is 25.1 Å². The molecule has 0 atom stereocenters. The minimum Gasteiger partial charge on any atom is -0.345 e. The number of hydrogen-bond acceptors (Lipinski definition) is 3. The van der Waals surface area contributed by atoms with Gasteiger partial charge < -0.3 is 10.2 Å². The molecule has 17 heavy (non-hydrogen) atoms. The molecule has 0 bridgehead atoms. The van der Waals surface area contributed by atoms with E-state index in [-0.39, 0.29) is 5.91 Å². The number of carbonyl (C=O) groups excluding carboxylic acids is 1. The van der Waals surface area contributed by atoms with E-state index in [1.165, 1.54) is 0 Å². The van der Waals surface area contributed by atoms with Crippen molar-refractivity contribution in [3.8, 4) is 0 Å². The molecule has 96 valence electrons. The van der Waals surface area contributed by atoms with E-state index < -0.39 is 0 Å². The maximum atomic E-state index is 11.5. The Morgan fingerprint density at radius 2 is 2.29 bits per heavy atom. The molecule has 1 heterocycles. The molecule has 5 heteroatoms. The molecule has 1 aromatic rings. The molecule has 0 spiro atoms. The largest absolute Gasteiger partial charge is 0.345 e. The lowest BCUT2D eigenvalue weighted by molar-refractivity contribution is -0.128. The summed E-state index contributed by atoms with van der Waals surface area (Å²) in [4.78, 5) is 13.2. The topological polar surface area (TPSA) is 50.2 Å². The fourth-order valence-electron chi connectivity index (χ4n) is 1.47. The van der Waals surface area contributed by atoms with Crippen molar-refractivity contribution in [2.24, 2.45) is 0 Å². The predicted octanol–water partition coefficient (Wildman–Crippen LogP) is 0.861. The van der Waals surface area contributed by atoms with Crippen LogP contribution in [0.3, 0.4) is 0 Å². The molecule has 1 rings (SSSR count). The summed E-state index contributed by atoms with van der Waals surface area (Å²) >= 11 is 0. The van der Waals surface area contributed by atoms with Gasteiger partial charge in [0.1, 0.15) is 0 Å². The van der Waals surface area contributed by atoms with Gasteiger partial charge in [-0.1, -0.05) is 6.92 Å². The fraction of sp³-hybridized carbons (Fsp3) is 0.667. The third kappa shape index (κ3) is 4.56. The first kappa shape index (κ1) is 13.7. The van der Waals surface area contributed by atoms with E-state index in [9.17, 15) is 4.79 Å². The van der Waals surface area contributed by atoms with Crippen LogP contribution in [0.15, 0.2) is 12.4 Å². The highest BCUT2D eigenvalue weighted by Gasteiger charge is 2.05. The summed E-state index contributed by atoms with van der Waals surface area (Å²) in [7, 11) is 1.81. The van der Waals surface area contributed by atoms with Crippen LogP contribution in [-0.4, -0.2) is 40.7 Å². The van der Waals surface area contributed by atoms with E-state index in [1.807, 2.05) is 31.0 Å². The van der Waals surface area contributed by atoms with Crippen LogP contribution in [0.4, 0.5) is 0 Å². The number of hydrogen-bond donors (Lipinski definition) is 1. The summed E-state index contributed by atoms with van der Waals surface area (Å²) in [5.41, 5.74) is 1.12. The van der Waals surface area contributed by atoms with Crippen LogP contribution in [0.1, 0.15) is 25.8 Å².